The molecular formula is C13H21N3O2. The van der Waals surface area contributed by atoms with Gasteiger partial charge in [-0.3, -0.25) is 4.79 Å². The molecule has 1 aliphatic carbocycles. The van der Waals surface area contributed by atoms with Gasteiger partial charge in [-0.05, 0) is 38.6 Å². The van der Waals surface area contributed by atoms with E-state index in [-0.39, 0.29) is 11.3 Å². The van der Waals surface area contributed by atoms with E-state index in [4.69, 9.17) is 10.2 Å². The topological polar surface area (TPSA) is 81.2 Å². The molecule has 3 N–H and O–H groups in total. The Kier molecular flexibility index (Phi) is 3.71. The van der Waals surface area contributed by atoms with E-state index < -0.39 is 0 Å². The van der Waals surface area contributed by atoms with Crippen LogP contribution in [0.1, 0.15) is 43.0 Å². The number of carbonyl (C=O) groups is 1. The number of hydrogen-bond acceptors (Lipinski definition) is 4. The summed E-state index contributed by atoms with van der Waals surface area (Å²) in [7, 11) is 0. The van der Waals surface area contributed by atoms with Gasteiger partial charge in [0, 0.05) is 6.42 Å². The molecule has 1 aromatic heterocycles. The first kappa shape index (κ1) is 13.1. The molecule has 1 aliphatic rings. The summed E-state index contributed by atoms with van der Waals surface area (Å²) in [6, 6.07) is 0. The van der Waals surface area contributed by atoms with Gasteiger partial charge in [0.1, 0.15) is 5.76 Å². The monoisotopic (exact) mass is 251 g/mol. The van der Waals surface area contributed by atoms with Crippen LogP contribution in [0.15, 0.2) is 4.42 Å². The number of amides is 1. The number of aryl methyl sites for hydroxylation is 2. The number of nitrogens with one attached hydrogen (secondary N) is 1. The molecule has 1 fully saturated rings. The highest BCUT2D eigenvalue weighted by Crippen LogP contribution is 2.42. The quantitative estimate of drug-likeness (QED) is 0.829. The van der Waals surface area contributed by atoms with Crippen LogP contribution in [0.3, 0.4) is 0 Å². The first-order valence-electron chi connectivity index (χ1n) is 6.44. The zero-order valence-electron chi connectivity index (χ0n) is 11.1. The maximum Gasteiger partial charge on any atom is 0.221 e. The summed E-state index contributed by atoms with van der Waals surface area (Å²) in [5.74, 6) is 1.40. The number of hydrogen-bond donors (Lipinski definition) is 2. The minimum absolute atomic E-state index is 0.0358. The zero-order chi connectivity index (χ0) is 13.2. The highest BCUT2D eigenvalue weighted by atomic mass is 16.4. The number of nitrogens with zero attached hydrogens (tertiary/aromatic N) is 1. The number of rotatable bonds is 5. The van der Waals surface area contributed by atoms with Gasteiger partial charge in [0.2, 0.25) is 11.8 Å². The smallest absolute Gasteiger partial charge is 0.221 e. The molecule has 5 heteroatoms. The summed E-state index contributed by atoms with van der Waals surface area (Å²) in [6.45, 7) is 4.71. The van der Waals surface area contributed by atoms with Gasteiger partial charge in [-0.2, -0.15) is 0 Å². The first-order valence-corrected chi connectivity index (χ1v) is 6.44. The lowest BCUT2D eigenvalue weighted by Crippen LogP contribution is -2.41. The molecule has 0 bridgehead atoms. The fourth-order valence-electron chi connectivity index (χ4n) is 2.32. The molecular weight excluding hydrogens is 230 g/mol. The second-order valence-corrected chi connectivity index (χ2v) is 5.26. The number of carbonyl (C=O) groups excluding carboxylic acids is 1. The van der Waals surface area contributed by atoms with Gasteiger partial charge in [0.15, 0.2) is 0 Å². The molecule has 1 aromatic rings. The number of nitrogens with two attached hydrogens (primary N) is 1. The lowest BCUT2D eigenvalue weighted by molar-refractivity contribution is -0.125. The van der Waals surface area contributed by atoms with Crippen molar-refractivity contribution in [1.29, 1.82) is 0 Å². The maximum atomic E-state index is 11.8. The Morgan fingerprint density at radius 3 is 2.67 bits per heavy atom. The third-order valence-electron chi connectivity index (χ3n) is 3.89. The molecule has 0 aliphatic heterocycles. The predicted octanol–water partition coefficient (Wildman–Crippen LogP) is 1.43. The Morgan fingerprint density at radius 2 is 2.22 bits per heavy atom. The summed E-state index contributed by atoms with van der Waals surface area (Å²) in [5, 5.41) is 2.85. The van der Waals surface area contributed by atoms with Crippen LogP contribution >= 0.6 is 0 Å². The molecule has 1 saturated carbocycles. The third-order valence-corrected chi connectivity index (χ3v) is 3.89. The third kappa shape index (κ3) is 2.72. The Hall–Kier alpha value is -1.36. The molecule has 1 heterocycles. The Bertz CT molecular complexity index is 410. The molecule has 0 unspecified atom stereocenters. The van der Waals surface area contributed by atoms with Crippen LogP contribution in [0.2, 0.25) is 0 Å². The maximum absolute atomic E-state index is 11.8. The van der Waals surface area contributed by atoms with Crippen LogP contribution < -0.4 is 11.1 Å². The fraction of sp³-hybridized carbons (Fsp3) is 0.692. The normalized spacial score (nSPS) is 17.3. The van der Waals surface area contributed by atoms with Gasteiger partial charge in [-0.1, -0.05) is 6.42 Å². The van der Waals surface area contributed by atoms with Crippen LogP contribution in [0.5, 0.6) is 0 Å². The van der Waals surface area contributed by atoms with Crippen LogP contribution in [0.25, 0.3) is 0 Å². The molecule has 0 saturated heterocycles. The van der Waals surface area contributed by atoms with Crippen molar-refractivity contribution in [1.82, 2.24) is 10.3 Å². The molecule has 5 nitrogen and oxygen atoms in total. The van der Waals surface area contributed by atoms with E-state index in [1.165, 1.54) is 6.42 Å². The van der Waals surface area contributed by atoms with Crippen LogP contribution in [-0.4, -0.2) is 17.4 Å². The number of aromatic nitrogens is 1. The van der Waals surface area contributed by atoms with Gasteiger partial charge >= 0.3 is 0 Å². The average molecular weight is 251 g/mol. The molecule has 18 heavy (non-hydrogen) atoms. The van der Waals surface area contributed by atoms with Crippen molar-refractivity contribution in [3.63, 3.8) is 0 Å². The average Bonchev–Trinajstić information content (AvgIpc) is 2.61. The van der Waals surface area contributed by atoms with Crippen LogP contribution in [0, 0.1) is 19.3 Å². The van der Waals surface area contributed by atoms with Crippen molar-refractivity contribution in [2.24, 2.45) is 11.1 Å². The minimum atomic E-state index is 0.0358. The molecule has 0 aromatic carbocycles. The molecule has 0 spiro atoms. The van der Waals surface area contributed by atoms with Gasteiger partial charge in [-0.25, -0.2) is 4.98 Å². The molecule has 1 amide bonds. The van der Waals surface area contributed by atoms with Crippen molar-refractivity contribution in [2.45, 2.75) is 46.1 Å². The standard InChI is InChI=1S/C13H21N3O2/c1-9-10(2)18-12(16-9)7-15-11(17)6-13(8-14)4-3-5-13/h3-8,14H2,1-2H3,(H,15,17). The summed E-state index contributed by atoms with van der Waals surface area (Å²) in [6.07, 6.45) is 3.83. The molecule has 100 valence electrons. The van der Waals surface area contributed by atoms with E-state index in [0.717, 1.165) is 24.3 Å². The van der Waals surface area contributed by atoms with Crippen molar-refractivity contribution < 1.29 is 9.21 Å². The van der Waals surface area contributed by atoms with Crippen LogP contribution in [0.4, 0.5) is 0 Å². The second-order valence-electron chi connectivity index (χ2n) is 5.26. The summed E-state index contributed by atoms with van der Waals surface area (Å²) < 4.78 is 5.41. The summed E-state index contributed by atoms with van der Waals surface area (Å²) in [4.78, 5) is 16.1. The Balaban J connectivity index is 1.81. The van der Waals surface area contributed by atoms with E-state index in [1.807, 2.05) is 13.8 Å². The van der Waals surface area contributed by atoms with Gasteiger partial charge in [-0.15, -0.1) is 0 Å². The Labute approximate surface area is 107 Å². The first-order chi connectivity index (χ1) is 8.54. The van der Waals surface area contributed by atoms with E-state index in [9.17, 15) is 4.79 Å². The van der Waals surface area contributed by atoms with E-state index in [2.05, 4.69) is 10.3 Å². The van der Waals surface area contributed by atoms with Crippen molar-refractivity contribution in [3.8, 4) is 0 Å². The summed E-state index contributed by atoms with van der Waals surface area (Å²) >= 11 is 0. The number of oxazole rings is 1. The van der Waals surface area contributed by atoms with Gasteiger partial charge in [0.25, 0.3) is 0 Å². The van der Waals surface area contributed by atoms with E-state index in [0.29, 0.717) is 25.4 Å². The van der Waals surface area contributed by atoms with Crippen molar-refractivity contribution in [3.05, 3.63) is 17.3 Å². The lowest BCUT2D eigenvalue weighted by Gasteiger charge is -2.40. The van der Waals surface area contributed by atoms with Crippen LogP contribution in [-0.2, 0) is 11.3 Å². The largest absolute Gasteiger partial charge is 0.444 e. The predicted molar refractivity (Wildman–Crippen MR) is 67.8 cm³/mol. The van der Waals surface area contributed by atoms with Gasteiger partial charge in [0.05, 0.1) is 12.2 Å². The van der Waals surface area contributed by atoms with Crippen molar-refractivity contribution >= 4 is 5.91 Å². The zero-order valence-corrected chi connectivity index (χ0v) is 11.1. The molecule has 0 atom stereocenters. The van der Waals surface area contributed by atoms with Crippen molar-refractivity contribution in [2.75, 3.05) is 6.54 Å². The lowest BCUT2D eigenvalue weighted by atomic mass is 9.66. The highest BCUT2D eigenvalue weighted by molar-refractivity contribution is 5.76. The SMILES string of the molecule is Cc1nc(CNC(=O)CC2(CN)CCC2)oc1C. The molecule has 2 rings (SSSR count). The fourth-order valence-corrected chi connectivity index (χ4v) is 2.32. The van der Waals surface area contributed by atoms with Gasteiger partial charge < -0.3 is 15.5 Å². The minimum Gasteiger partial charge on any atom is -0.444 e. The second kappa shape index (κ2) is 5.10. The van der Waals surface area contributed by atoms with E-state index in [1.54, 1.807) is 0 Å². The molecule has 0 radical (unpaired) electrons. The summed E-state index contributed by atoms with van der Waals surface area (Å²) in [5.41, 5.74) is 6.66. The van der Waals surface area contributed by atoms with E-state index >= 15 is 0 Å². The Morgan fingerprint density at radius 1 is 1.50 bits per heavy atom. The highest BCUT2D eigenvalue weighted by Gasteiger charge is 2.37.